The van der Waals surface area contributed by atoms with Gasteiger partial charge < -0.3 is 0 Å². The number of rotatable bonds is 4. The van der Waals surface area contributed by atoms with Gasteiger partial charge in [0.1, 0.15) is 5.54 Å². The Morgan fingerprint density at radius 3 is 2.72 bits per heavy atom. The van der Waals surface area contributed by atoms with E-state index < -0.39 is 0 Å². The number of nitrogens with one attached hydrogen (secondary N) is 1. The minimum atomic E-state index is -0.282. The van der Waals surface area contributed by atoms with Crippen molar-refractivity contribution in [2.45, 2.75) is 51.6 Å². The Hall–Kier alpha value is -0.850. The highest BCUT2D eigenvalue weighted by Gasteiger charge is 2.35. The summed E-state index contributed by atoms with van der Waals surface area (Å²) in [5.74, 6) is 1.55. The lowest BCUT2D eigenvalue weighted by Crippen LogP contribution is -2.46. The van der Waals surface area contributed by atoms with Crippen LogP contribution >= 0.6 is 11.3 Å². The van der Waals surface area contributed by atoms with Gasteiger partial charge in [-0.2, -0.15) is 5.26 Å². The van der Waals surface area contributed by atoms with Gasteiger partial charge in [-0.05, 0) is 49.0 Å². The molecule has 98 valence electrons. The van der Waals surface area contributed by atoms with Gasteiger partial charge in [-0.15, -0.1) is 11.3 Å². The van der Waals surface area contributed by atoms with E-state index in [1.165, 1.54) is 17.7 Å². The lowest BCUT2D eigenvalue weighted by Gasteiger charge is -2.37. The van der Waals surface area contributed by atoms with E-state index in [2.05, 4.69) is 42.7 Å². The van der Waals surface area contributed by atoms with Gasteiger partial charge in [0, 0.05) is 11.4 Å². The second-order valence-electron chi connectivity index (χ2n) is 5.71. The zero-order chi connectivity index (χ0) is 13.0. The molecule has 18 heavy (non-hydrogen) atoms. The van der Waals surface area contributed by atoms with Crippen molar-refractivity contribution in [3.05, 3.63) is 22.4 Å². The molecule has 0 amide bonds. The third kappa shape index (κ3) is 3.13. The fraction of sp³-hybridized carbons (Fsp3) is 0.667. The molecule has 2 rings (SSSR count). The van der Waals surface area contributed by atoms with Crippen molar-refractivity contribution < 1.29 is 0 Å². The Bertz CT molecular complexity index is 395. The maximum atomic E-state index is 9.49. The van der Waals surface area contributed by atoms with Crippen LogP contribution in [-0.4, -0.2) is 5.54 Å². The van der Waals surface area contributed by atoms with Gasteiger partial charge in [-0.3, -0.25) is 5.32 Å². The van der Waals surface area contributed by atoms with Crippen LogP contribution in [0.5, 0.6) is 0 Å². The molecule has 1 saturated carbocycles. The molecular weight excluding hydrogens is 240 g/mol. The maximum Gasteiger partial charge on any atom is 0.107 e. The van der Waals surface area contributed by atoms with Gasteiger partial charge in [-0.25, -0.2) is 0 Å². The van der Waals surface area contributed by atoms with Gasteiger partial charge in [0.2, 0.25) is 0 Å². The van der Waals surface area contributed by atoms with E-state index in [0.29, 0.717) is 0 Å². The first-order valence-electron chi connectivity index (χ1n) is 6.84. The van der Waals surface area contributed by atoms with Crippen molar-refractivity contribution in [2.75, 3.05) is 0 Å². The van der Waals surface area contributed by atoms with E-state index in [0.717, 1.165) is 31.2 Å². The summed E-state index contributed by atoms with van der Waals surface area (Å²) in [6, 6.07) is 6.73. The Kier molecular flexibility index (Phi) is 4.42. The summed E-state index contributed by atoms with van der Waals surface area (Å²) in [6.45, 7) is 5.42. The molecule has 1 N–H and O–H groups in total. The van der Waals surface area contributed by atoms with Gasteiger partial charge in [0.15, 0.2) is 0 Å². The van der Waals surface area contributed by atoms with Crippen LogP contribution in [0.25, 0.3) is 0 Å². The van der Waals surface area contributed by atoms with Crippen LogP contribution in [0, 0.1) is 23.2 Å². The SMILES string of the molecule is CC(C)C1CCC(C#N)(NCc2cccs2)CC1. The van der Waals surface area contributed by atoms with Gasteiger partial charge in [-0.1, -0.05) is 19.9 Å². The quantitative estimate of drug-likeness (QED) is 0.892. The molecule has 0 bridgehead atoms. The molecule has 0 saturated heterocycles. The van der Waals surface area contributed by atoms with Crippen LogP contribution in [0.1, 0.15) is 44.4 Å². The summed E-state index contributed by atoms with van der Waals surface area (Å²) in [5, 5.41) is 15.1. The van der Waals surface area contributed by atoms with E-state index in [1.807, 2.05) is 0 Å². The molecular formula is C15H22N2S. The summed E-state index contributed by atoms with van der Waals surface area (Å²) in [4.78, 5) is 1.32. The van der Waals surface area contributed by atoms with Gasteiger partial charge >= 0.3 is 0 Å². The summed E-state index contributed by atoms with van der Waals surface area (Å²) < 4.78 is 0. The Morgan fingerprint density at radius 1 is 1.50 bits per heavy atom. The van der Waals surface area contributed by atoms with E-state index in [1.54, 1.807) is 11.3 Å². The second kappa shape index (κ2) is 5.86. The highest BCUT2D eigenvalue weighted by molar-refractivity contribution is 7.09. The minimum absolute atomic E-state index is 0.282. The van der Waals surface area contributed by atoms with Crippen molar-refractivity contribution >= 4 is 11.3 Å². The number of thiophene rings is 1. The first kappa shape index (κ1) is 13.6. The predicted molar refractivity (Wildman–Crippen MR) is 76.3 cm³/mol. The monoisotopic (exact) mass is 262 g/mol. The number of hydrogen-bond acceptors (Lipinski definition) is 3. The van der Waals surface area contributed by atoms with Crippen LogP contribution in [-0.2, 0) is 6.54 Å². The largest absolute Gasteiger partial charge is 0.294 e. The normalized spacial score (nSPS) is 28.2. The molecule has 1 aliphatic rings. The molecule has 0 atom stereocenters. The van der Waals surface area contributed by atoms with Gasteiger partial charge in [0.25, 0.3) is 0 Å². The highest BCUT2D eigenvalue weighted by Crippen LogP contribution is 2.35. The third-order valence-corrected chi connectivity index (χ3v) is 5.10. The first-order valence-corrected chi connectivity index (χ1v) is 7.72. The Labute approximate surface area is 114 Å². The molecule has 1 fully saturated rings. The van der Waals surface area contributed by atoms with Crippen molar-refractivity contribution in [1.82, 2.24) is 5.32 Å². The van der Waals surface area contributed by atoms with Crippen LogP contribution in [0.4, 0.5) is 0 Å². The van der Waals surface area contributed by atoms with Crippen LogP contribution in [0.2, 0.25) is 0 Å². The van der Waals surface area contributed by atoms with Crippen LogP contribution < -0.4 is 5.32 Å². The fourth-order valence-electron chi connectivity index (χ4n) is 2.80. The van der Waals surface area contributed by atoms with Gasteiger partial charge in [0.05, 0.1) is 6.07 Å². The molecule has 0 spiro atoms. The number of hydrogen-bond donors (Lipinski definition) is 1. The highest BCUT2D eigenvalue weighted by atomic mass is 32.1. The average Bonchev–Trinajstić information content (AvgIpc) is 2.90. The third-order valence-electron chi connectivity index (χ3n) is 4.22. The van der Waals surface area contributed by atoms with Crippen molar-refractivity contribution in [1.29, 1.82) is 5.26 Å². The number of nitrogens with zero attached hydrogens (tertiary/aromatic N) is 1. The average molecular weight is 262 g/mol. The standard InChI is InChI=1S/C15H22N2S/c1-12(2)13-5-7-15(11-16,8-6-13)17-10-14-4-3-9-18-14/h3-4,9,12-13,17H,5-8,10H2,1-2H3. The molecule has 0 aliphatic heterocycles. The molecule has 1 aromatic heterocycles. The predicted octanol–water partition coefficient (Wildman–Crippen LogP) is 3.95. The lowest BCUT2D eigenvalue weighted by molar-refractivity contribution is 0.199. The molecule has 1 aromatic rings. The maximum absolute atomic E-state index is 9.49. The lowest BCUT2D eigenvalue weighted by atomic mass is 9.73. The zero-order valence-corrected chi connectivity index (χ0v) is 12.1. The molecule has 1 aliphatic carbocycles. The zero-order valence-electron chi connectivity index (χ0n) is 11.3. The summed E-state index contributed by atoms with van der Waals surface area (Å²) >= 11 is 1.75. The Morgan fingerprint density at radius 2 is 2.22 bits per heavy atom. The summed E-state index contributed by atoms with van der Waals surface area (Å²) in [6.07, 6.45) is 4.36. The van der Waals surface area contributed by atoms with E-state index in [4.69, 9.17) is 0 Å². The van der Waals surface area contributed by atoms with E-state index in [-0.39, 0.29) is 5.54 Å². The molecule has 0 aromatic carbocycles. The van der Waals surface area contributed by atoms with E-state index in [9.17, 15) is 5.26 Å². The second-order valence-corrected chi connectivity index (χ2v) is 6.74. The Balaban J connectivity index is 1.90. The minimum Gasteiger partial charge on any atom is -0.294 e. The molecule has 1 heterocycles. The topological polar surface area (TPSA) is 35.8 Å². The number of nitriles is 1. The van der Waals surface area contributed by atoms with Crippen LogP contribution in [0.3, 0.4) is 0 Å². The van der Waals surface area contributed by atoms with Crippen molar-refractivity contribution in [3.8, 4) is 6.07 Å². The molecule has 0 unspecified atom stereocenters. The van der Waals surface area contributed by atoms with Crippen LogP contribution in [0.15, 0.2) is 17.5 Å². The van der Waals surface area contributed by atoms with E-state index >= 15 is 0 Å². The van der Waals surface area contributed by atoms with Crippen molar-refractivity contribution in [3.63, 3.8) is 0 Å². The molecule has 3 heteroatoms. The fourth-order valence-corrected chi connectivity index (χ4v) is 3.44. The molecule has 0 radical (unpaired) electrons. The smallest absolute Gasteiger partial charge is 0.107 e. The van der Waals surface area contributed by atoms with Crippen molar-refractivity contribution in [2.24, 2.45) is 11.8 Å². The first-order chi connectivity index (χ1) is 8.65. The summed E-state index contributed by atoms with van der Waals surface area (Å²) in [5.41, 5.74) is -0.282. The molecule has 2 nitrogen and oxygen atoms in total. The summed E-state index contributed by atoms with van der Waals surface area (Å²) in [7, 11) is 0.